The molecule has 0 amide bonds. The van der Waals surface area contributed by atoms with Crippen LogP contribution in [-0.2, 0) is 6.42 Å². The van der Waals surface area contributed by atoms with E-state index in [0.717, 1.165) is 42.1 Å². The molecule has 2 aromatic rings. The van der Waals surface area contributed by atoms with Crippen LogP contribution in [0.25, 0.3) is 0 Å². The van der Waals surface area contributed by atoms with Gasteiger partial charge in [-0.3, -0.25) is 9.98 Å². The van der Waals surface area contributed by atoms with Gasteiger partial charge in [0.15, 0.2) is 11.7 Å². The molecule has 170 valence electrons. The second-order valence-corrected chi connectivity index (χ2v) is 7.31. The third kappa shape index (κ3) is 8.14. The van der Waals surface area contributed by atoms with E-state index in [1.807, 2.05) is 12.4 Å². The number of aryl methyl sites for hydroxylation is 2. The van der Waals surface area contributed by atoms with Crippen molar-refractivity contribution in [1.82, 2.24) is 0 Å². The molecule has 0 saturated heterocycles. The highest BCUT2D eigenvalue weighted by atomic mass is 14.9. The van der Waals surface area contributed by atoms with E-state index in [4.69, 9.17) is 5.41 Å². The predicted molar refractivity (Wildman–Crippen MR) is 142 cm³/mol. The first-order valence-electron chi connectivity index (χ1n) is 11.1. The van der Waals surface area contributed by atoms with Crippen LogP contribution < -0.4 is 0 Å². The van der Waals surface area contributed by atoms with Crippen LogP contribution in [0.15, 0.2) is 56.4 Å². The normalized spacial score (nSPS) is 12.2. The average molecular weight is 432 g/mol. The van der Waals surface area contributed by atoms with Crippen molar-refractivity contribution in [3.8, 4) is 0 Å². The Balaban J connectivity index is 0.00000161. The highest BCUT2D eigenvalue weighted by Crippen LogP contribution is 2.21. The number of rotatable bonds is 6. The average Bonchev–Trinajstić information content (AvgIpc) is 2.79. The first kappa shape index (κ1) is 26.8. The van der Waals surface area contributed by atoms with Gasteiger partial charge in [0.25, 0.3) is 0 Å². The van der Waals surface area contributed by atoms with Crippen molar-refractivity contribution in [2.24, 2.45) is 20.0 Å². The highest BCUT2D eigenvalue weighted by Gasteiger charge is 2.12. The summed E-state index contributed by atoms with van der Waals surface area (Å²) in [6.07, 6.45) is 7.65. The largest absolute Gasteiger partial charge is 0.313 e. The van der Waals surface area contributed by atoms with Crippen LogP contribution in [0.2, 0.25) is 0 Å². The van der Waals surface area contributed by atoms with Gasteiger partial charge in [0.1, 0.15) is 0 Å². The number of hydrogen-bond donors (Lipinski definition) is 1. The molecule has 0 heterocycles. The zero-order valence-electron chi connectivity index (χ0n) is 20.6. The fraction of sp³-hybridized carbons (Fsp3) is 0.370. The zero-order chi connectivity index (χ0) is 23.9. The van der Waals surface area contributed by atoms with Crippen LogP contribution in [-0.4, -0.2) is 44.4 Å². The van der Waals surface area contributed by atoms with Crippen LogP contribution in [0.1, 0.15) is 67.0 Å². The summed E-state index contributed by atoms with van der Waals surface area (Å²) in [5, 5.41) is 6.08. The molecule has 0 unspecified atom stereocenters. The Morgan fingerprint density at radius 2 is 1.41 bits per heavy atom. The fourth-order valence-electron chi connectivity index (χ4n) is 3.14. The van der Waals surface area contributed by atoms with Gasteiger partial charge in [-0.15, -0.1) is 0 Å². The van der Waals surface area contributed by atoms with Crippen molar-refractivity contribution in [2.45, 2.75) is 53.9 Å². The molecule has 0 saturated carbocycles. The molecule has 32 heavy (non-hydrogen) atoms. The van der Waals surface area contributed by atoms with Crippen molar-refractivity contribution >= 4 is 30.3 Å². The summed E-state index contributed by atoms with van der Waals surface area (Å²) >= 11 is 0. The fourth-order valence-corrected chi connectivity index (χ4v) is 3.14. The van der Waals surface area contributed by atoms with Gasteiger partial charge in [-0.25, -0.2) is 9.98 Å². The lowest BCUT2D eigenvalue weighted by Gasteiger charge is -2.13. The van der Waals surface area contributed by atoms with Gasteiger partial charge in [-0.1, -0.05) is 43.7 Å². The molecule has 0 aliphatic rings. The molecular formula is C27H37N5. The van der Waals surface area contributed by atoms with Crippen molar-refractivity contribution < 1.29 is 0 Å². The maximum atomic E-state index is 6.08. The molecule has 0 atom stereocenters. The first-order chi connectivity index (χ1) is 15.4. The molecule has 5 nitrogen and oxygen atoms in total. The van der Waals surface area contributed by atoms with Gasteiger partial charge in [0, 0.05) is 37.7 Å². The lowest BCUT2D eigenvalue weighted by atomic mass is 9.95. The lowest BCUT2D eigenvalue weighted by Crippen LogP contribution is -2.06. The van der Waals surface area contributed by atoms with Gasteiger partial charge in [0.05, 0.1) is 0 Å². The molecule has 0 aliphatic carbocycles. The molecule has 5 heteroatoms. The Morgan fingerprint density at radius 1 is 0.844 bits per heavy atom. The summed E-state index contributed by atoms with van der Waals surface area (Å²) in [6.45, 7) is 10.0. The van der Waals surface area contributed by atoms with Crippen molar-refractivity contribution in [2.75, 3.05) is 14.1 Å². The number of nitrogens with one attached hydrogen (secondary N) is 1. The van der Waals surface area contributed by atoms with Crippen molar-refractivity contribution in [3.63, 3.8) is 0 Å². The molecule has 2 rings (SSSR count). The third-order valence-corrected chi connectivity index (χ3v) is 4.66. The third-order valence-electron chi connectivity index (χ3n) is 4.66. The molecule has 1 N–H and O–H groups in total. The van der Waals surface area contributed by atoms with E-state index in [2.05, 4.69) is 84.1 Å². The standard InChI is InChI=1S/C25H32N4.C2H5N/c1-7-13-28-24(26-5)22-17-20(11-10-19(22)4)16-21-12-9-18(3)15-23(21)25(27-6)29-14-8-2;1-2-3/h9-15,17H,7-8,16H2,1-6H3;2-3H,1H3. The maximum Gasteiger partial charge on any atom is 0.154 e. The predicted octanol–water partition coefficient (Wildman–Crippen LogP) is 6.26. The van der Waals surface area contributed by atoms with Crippen LogP contribution >= 0.6 is 0 Å². The zero-order valence-corrected chi connectivity index (χ0v) is 20.6. The summed E-state index contributed by atoms with van der Waals surface area (Å²) in [7, 11) is 3.59. The van der Waals surface area contributed by atoms with Gasteiger partial charge >= 0.3 is 0 Å². The lowest BCUT2D eigenvalue weighted by molar-refractivity contribution is 1.16. The molecule has 2 aromatic carbocycles. The Bertz CT molecular complexity index is 997. The van der Waals surface area contributed by atoms with Crippen LogP contribution in [0.3, 0.4) is 0 Å². The van der Waals surface area contributed by atoms with E-state index >= 15 is 0 Å². The van der Waals surface area contributed by atoms with E-state index in [9.17, 15) is 0 Å². The van der Waals surface area contributed by atoms with Crippen LogP contribution in [0.5, 0.6) is 0 Å². The number of benzene rings is 2. The SMILES string of the molecule is CC=N.CCC=NC(=NC)c1cc(Cc2ccc(C)cc2C(N=CCC)=NC)ccc1C. The van der Waals surface area contributed by atoms with Gasteiger partial charge < -0.3 is 5.41 Å². The summed E-state index contributed by atoms with van der Waals surface area (Å²) in [4.78, 5) is 17.9. The van der Waals surface area contributed by atoms with Gasteiger partial charge in [-0.05, 0) is 75.1 Å². The molecular weight excluding hydrogens is 394 g/mol. The maximum absolute atomic E-state index is 6.08. The van der Waals surface area contributed by atoms with Crippen molar-refractivity contribution in [3.05, 3.63) is 69.8 Å². The van der Waals surface area contributed by atoms with Gasteiger partial charge in [0.2, 0.25) is 0 Å². The van der Waals surface area contributed by atoms with E-state index < -0.39 is 0 Å². The van der Waals surface area contributed by atoms with E-state index in [-0.39, 0.29) is 0 Å². The summed E-state index contributed by atoms with van der Waals surface area (Å²) in [5.74, 6) is 1.56. The highest BCUT2D eigenvalue weighted by molar-refractivity contribution is 6.05. The van der Waals surface area contributed by atoms with E-state index in [0.29, 0.717) is 0 Å². The topological polar surface area (TPSA) is 73.3 Å². The minimum absolute atomic E-state index is 0.777. The minimum atomic E-state index is 0.777. The smallest absolute Gasteiger partial charge is 0.154 e. The quantitative estimate of drug-likeness (QED) is 0.414. The Kier molecular flexibility index (Phi) is 12.4. The number of nitrogens with zero attached hydrogens (tertiary/aromatic N) is 4. The summed E-state index contributed by atoms with van der Waals surface area (Å²) in [6, 6.07) is 13.0. The molecule has 0 radical (unpaired) electrons. The molecule has 0 bridgehead atoms. The first-order valence-corrected chi connectivity index (χ1v) is 11.1. The monoisotopic (exact) mass is 431 g/mol. The van der Waals surface area contributed by atoms with E-state index in [1.165, 1.54) is 28.5 Å². The van der Waals surface area contributed by atoms with Crippen LogP contribution in [0.4, 0.5) is 0 Å². The second-order valence-electron chi connectivity index (χ2n) is 7.31. The summed E-state index contributed by atoms with van der Waals surface area (Å²) in [5.41, 5.74) is 6.99. The molecule has 0 spiro atoms. The minimum Gasteiger partial charge on any atom is -0.313 e. The number of hydrogen-bond acceptors (Lipinski definition) is 3. The van der Waals surface area contributed by atoms with E-state index in [1.54, 1.807) is 21.0 Å². The Morgan fingerprint density at radius 3 is 1.94 bits per heavy atom. The van der Waals surface area contributed by atoms with Crippen LogP contribution in [0, 0.1) is 19.3 Å². The Labute approximate surface area is 193 Å². The van der Waals surface area contributed by atoms with Gasteiger partial charge in [-0.2, -0.15) is 0 Å². The molecule has 0 aromatic heterocycles. The second kappa shape index (κ2) is 14.7. The molecule has 0 fully saturated rings. The summed E-state index contributed by atoms with van der Waals surface area (Å²) < 4.78 is 0. The number of amidine groups is 2. The number of aliphatic imine (C=N–C) groups is 4. The Hall–Kier alpha value is -3.21. The van der Waals surface area contributed by atoms with Crippen molar-refractivity contribution in [1.29, 1.82) is 5.41 Å². The molecule has 0 aliphatic heterocycles.